The molecule has 0 saturated heterocycles. The SMILES string of the molecule is CCc1ccnc(C=N)c1. The number of nitrogens with one attached hydrogen (secondary N) is 1. The largest absolute Gasteiger partial charge is 0.307 e. The smallest absolute Gasteiger partial charge is 0.0807 e. The van der Waals surface area contributed by atoms with E-state index >= 15 is 0 Å². The number of rotatable bonds is 2. The summed E-state index contributed by atoms with van der Waals surface area (Å²) in [5.41, 5.74) is 1.97. The first-order valence-electron chi connectivity index (χ1n) is 3.32. The van der Waals surface area contributed by atoms with Crippen LogP contribution in [-0.4, -0.2) is 11.2 Å². The number of aromatic nitrogens is 1. The first-order chi connectivity index (χ1) is 4.86. The van der Waals surface area contributed by atoms with Crippen LogP contribution in [0.15, 0.2) is 18.3 Å². The van der Waals surface area contributed by atoms with E-state index in [1.165, 1.54) is 11.8 Å². The van der Waals surface area contributed by atoms with Crippen molar-refractivity contribution in [3.05, 3.63) is 29.6 Å². The average Bonchev–Trinajstić information content (AvgIpc) is 2.05. The Balaban J connectivity index is 2.98. The summed E-state index contributed by atoms with van der Waals surface area (Å²) in [6.07, 6.45) is 4.00. The highest BCUT2D eigenvalue weighted by Crippen LogP contribution is 1.99. The van der Waals surface area contributed by atoms with Gasteiger partial charge in [-0.1, -0.05) is 6.92 Å². The predicted molar refractivity (Wildman–Crippen MR) is 41.5 cm³/mol. The predicted octanol–water partition coefficient (Wildman–Crippen LogP) is 1.64. The first kappa shape index (κ1) is 6.93. The Labute approximate surface area is 60.4 Å². The van der Waals surface area contributed by atoms with E-state index in [1.54, 1.807) is 6.20 Å². The molecule has 1 N–H and O–H groups in total. The molecule has 0 saturated carbocycles. The number of aryl methyl sites for hydroxylation is 1. The van der Waals surface area contributed by atoms with E-state index in [-0.39, 0.29) is 0 Å². The highest BCUT2D eigenvalue weighted by molar-refractivity contribution is 5.74. The summed E-state index contributed by atoms with van der Waals surface area (Å²) in [6, 6.07) is 3.89. The van der Waals surface area contributed by atoms with E-state index in [4.69, 9.17) is 5.41 Å². The van der Waals surface area contributed by atoms with E-state index < -0.39 is 0 Å². The van der Waals surface area contributed by atoms with E-state index in [0.29, 0.717) is 0 Å². The van der Waals surface area contributed by atoms with Crippen LogP contribution in [0.25, 0.3) is 0 Å². The van der Waals surface area contributed by atoms with Crippen LogP contribution in [0, 0.1) is 5.41 Å². The highest BCUT2D eigenvalue weighted by Gasteiger charge is 1.89. The molecule has 0 aliphatic heterocycles. The molecule has 0 radical (unpaired) electrons. The van der Waals surface area contributed by atoms with Gasteiger partial charge in [-0.05, 0) is 24.1 Å². The maximum absolute atomic E-state index is 6.93. The van der Waals surface area contributed by atoms with Crippen LogP contribution in [0.4, 0.5) is 0 Å². The van der Waals surface area contributed by atoms with Gasteiger partial charge in [0.25, 0.3) is 0 Å². The lowest BCUT2D eigenvalue weighted by Gasteiger charge is -1.94. The lowest BCUT2D eigenvalue weighted by Crippen LogP contribution is -1.88. The molecule has 0 fully saturated rings. The molecule has 10 heavy (non-hydrogen) atoms. The van der Waals surface area contributed by atoms with Crippen LogP contribution >= 0.6 is 0 Å². The topological polar surface area (TPSA) is 36.7 Å². The van der Waals surface area contributed by atoms with Gasteiger partial charge in [-0.3, -0.25) is 4.98 Å². The molecule has 0 aliphatic rings. The van der Waals surface area contributed by atoms with Crippen molar-refractivity contribution < 1.29 is 0 Å². The van der Waals surface area contributed by atoms with Gasteiger partial charge in [-0.15, -0.1) is 0 Å². The van der Waals surface area contributed by atoms with Gasteiger partial charge in [0, 0.05) is 12.4 Å². The quantitative estimate of drug-likeness (QED) is 0.613. The Morgan fingerprint density at radius 1 is 1.70 bits per heavy atom. The number of nitrogens with zero attached hydrogens (tertiary/aromatic N) is 1. The first-order valence-corrected chi connectivity index (χ1v) is 3.32. The third-order valence-corrected chi connectivity index (χ3v) is 1.40. The molecule has 1 aromatic heterocycles. The summed E-state index contributed by atoms with van der Waals surface area (Å²) in [6.45, 7) is 2.09. The summed E-state index contributed by atoms with van der Waals surface area (Å²) in [4.78, 5) is 3.96. The van der Waals surface area contributed by atoms with Crippen LogP contribution in [0.2, 0.25) is 0 Å². The second-order valence-electron chi connectivity index (χ2n) is 2.09. The molecule has 2 heteroatoms. The van der Waals surface area contributed by atoms with Crippen LogP contribution in [0.3, 0.4) is 0 Å². The monoisotopic (exact) mass is 134 g/mol. The van der Waals surface area contributed by atoms with Gasteiger partial charge >= 0.3 is 0 Å². The number of pyridine rings is 1. The van der Waals surface area contributed by atoms with Crippen LogP contribution < -0.4 is 0 Å². The molecular formula is C8H10N2. The maximum Gasteiger partial charge on any atom is 0.0807 e. The molecule has 0 atom stereocenters. The van der Waals surface area contributed by atoms with Gasteiger partial charge in [0.1, 0.15) is 0 Å². The molecule has 0 spiro atoms. The minimum atomic E-state index is 0.736. The van der Waals surface area contributed by atoms with Gasteiger partial charge in [-0.25, -0.2) is 0 Å². The zero-order valence-corrected chi connectivity index (χ0v) is 5.96. The van der Waals surface area contributed by atoms with E-state index in [2.05, 4.69) is 11.9 Å². The van der Waals surface area contributed by atoms with Gasteiger partial charge in [0.15, 0.2) is 0 Å². The highest BCUT2D eigenvalue weighted by atomic mass is 14.7. The molecule has 0 bridgehead atoms. The van der Waals surface area contributed by atoms with Crippen molar-refractivity contribution in [1.29, 1.82) is 5.41 Å². The van der Waals surface area contributed by atoms with Crippen molar-refractivity contribution >= 4 is 6.21 Å². The molecule has 0 aromatic carbocycles. The van der Waals surface area contributed by atoms with Crippen molar-refractivity contribution in [3.63, 3.8) is 0 Å². The van der Waals surface area contributed by atoms with Gasteiger partial charge in [0.2, 0.25) is 0 Å². The number of hydrogen-bond acceptors (Lipinski definition) is 2. The Morgan fingerprint density at radius 3 is 3.10 bits per heavy atom. The second kappa shape index (κ2) is 3.11. The number of hydrogen-bond donors (Lipinski definition) is 1. The second-order valence-corrected chi connectivity index (χ2v) is 2.09. The van der Waals surface area contributed by atoms with Crippen LogP contribution in [0.5, 0.6) is 0 Å². The van der Waals surface area contributed by atoms with E-state index in [9.17, 15) is 0 Å². The molecule has 1 rings (SSSR count). The summed E-state index contributed by atoms with van der Waals surface area (Å²) >= 11 is 0. The molecule has 0 unspecified atom stereocenters. The van der Waals surface area contributed by atoms with Crippen LogP contribution in [-0.2, 0) is 6.42 Å². The lowest BCUT2D eigenvalue weighted by atomic mass is 10.2. The van der Waals surface area contributed by atoms with Crippen LogP contribution in [0.1, 0.15) is 18.2 Å². The fourth-order valence-electron chi connectivity index (χ4n) is 0.793. The minimum Gasteiger partial charge on any atom is -0.307 e. The Hall–Kier alpha value is -1.18. The van der Waals surface area contributed by atoms with E-state index in [0.717, 1.165) is 12.1 Å². The Bertz CT molecular complexity index is 230. The zero-order valence-electron chi connectivity index (χ0n) is 5.96. The van der Waals surface area contributed by atoms with E-state index in [1.807, 2.05) is 12.1 Å². The summed E-state index contributed by atoms with van der Waals surface area (Å²) in [5.74, 6) is 0. The van der Waals surface area contributed by atoms with Crippen molar-refractivity contribution in [2.75, 3.05) is 0 Å². The maximum atomic E-state index is 6.93. The summed E-state index contributed by atoms with van der Waals surface area (Å²) in [7, 11) is 0. The van der Waals surface area contributed by atoms with Crippen molar-refractivity contribution in [2.45, 2.75) is 13.3 Å². The third-order valence-electron chi connectivity index (χ3n) is 1.40. The third kappa shape index (κ3) is 1.41. The molecular weight excluding hydrogens is 124 g/mol. The average molecular weight is 134 g/mol. The standard InChI is InChI=1S/C8H10N2/c1-2-7-3-4-10-8(5-7)6-9/h3-6,9H,2H2,1H3. The Kier molecular flexibility index (Phi) is 2.15. The normalized spacial score (nSPS) is 9.30. The van der Waals surface area contributed by atoms with Gasteiger partial charge in [0.05, 0.1) is 5.69 Å². The fraction of sp³-hybridized carbons (Fsp3) is 0.250. The zero-order chi connectivity index (χ0) is 7.40. The fourth-order valence-corrected chi connectivity index (χ4v) is 0.793. The molecule has 52 valence electrons. The summed E-state index contributed by atoms with van der Waals surface area (Å²) in [5, 5.41) is 6.93. The van der Waals surface area contributed by atoms with Crippen molar-refractivity contribution in [1.82, 2.24) is 4.98 Å². The van der Waals surface area contributed by atoms with Gasteiger partial charge in [-0.2, -0.15) is 0 Å². The molecule has 1 heterocycles. The molecule has 0 aliphatic carbocycles. The van der Waals surface area contributed by atoms with Crippen molar-refractivity contribution in [2.24, 2.45) is 0 Å². The van der Waals surface area contributed by atoms with Gasteiger partial charge < -0.3 is 5.41 Å². The van der Waals surface area contributed by atoms with Crippen molar-refractivity contribution in [3.8, 4) is 0 Å². The minimum absolute atomic E-state index is 0.736. The summed E-state index contributed by atoms with van der Waals surface area (Å²) < 4.78 is 0. The Morgan fingerprint density at radius 2 is 2.50 bits per heavy atom. The molecule has 1 aromatic rings. The molecule has 2 nitrogen and oxygen atoms in total. The molecule has 0 amide bonds. The lowest BCUT2D eigenvalue weighted by molar-refractivity contribution is 1.11.